The molecule has 0 saturated heterocycles. The van der Waals surface area contributed by atoms with Gasteiger partial charge >= 0.3 is 0 Å². The molecule has 0 spiro atoms. The number of oxazole rings is 1. The quantitative estimate of drug-likeness (QED) is 0.407. The topological polar surface area (TPSA) is 158 Å². The molecule has 3 aromatic rings. The van der Waals surface area contributed by atoms with Crippen molar-refractivity contribution in [3.63, 3.8) is 0 Å². The van der Waals surface area contributed by atoms with Crippen molar-refractivity contribution in [3.8, 4) is 0 Å². The number of benzene rings is 1. The van der Waals surface area contributed by atoms with E-state index in [2.05, 4.69) is 15.0 Å². The number of halogens is 1. The van der Waals surface area contributed by atoms with Crippen molar-refractivity contribution in [2.24, 2.45) is 17.1 Å². The second-order valence-electron chi connectivity index (χ2n) is 10.4. The average Bonchev–Trinajstić information content (AvgIpc) is 3.39. The maximum Gasteiger partial charge on any atom is 0.297 e. The van der Waals surface area contributed by atoms with Crippen LogP contribution in [0.4, 0.5) is 0 Å². The summed E-state index contributed by atoms with van der Waals surface area (Å²) in [7, 11) is -4.21. The molecule has 4 aliphatic rings. The van der Waals surface area contributed by atoms with Gasteiger partial charge in [0.2, 0.25) is 11.0 Å². The molecule has 0 atom stereocenters. The molecule has 36 heavy (non-hydrogen) atoms. The number of aromatic nitrogens is 1. The van der Waals surface area contributed by atoms with Crippen molar-refractivity contribution in [2.45, 2.75) is 61.6 Å². The lowest BCUT2D eigenvalue weighted by atomic mass is 9.44. The first-order valence-corrected chi connectivity index (χ1v) is 13.7. The van der Waals surface area contributed by atoms with Gasteiger partial charge in [-0.1, -0.05) is 11.6 Å². The molecule has 10 nitrogen and oxygen atoms in total. The molecule has 0 radical (unpaired) electrons. The van der Waals surface area contributed by atoms with Crippen LogP contribution in [0, 0.1) is 11.3 Å². The number of carbonyl (C=O) groups excluding carboxylic acids is 2. The van der Waals surface area contributed by atoms with E-state index in [1.165, 1.54) is 6.07 Å². The molecule has 4 fully saturated rings. The highest BCUT2D eigenvalue weighted by molar-refractivity contribution is 7.89. The molecule has 1 aromatic carbocycles. The summed E-state index contributed by atoms with van der Waals surface area (Å²) in [6.45, 7) is 0. The number of hydrogen-bond acceptors (Lipinski definition) is 8. The van der Waals surface area contributed by atoms with Gasteiger partial charge in [-0.05, 0) is 81.2 Å². The maximum absolute atomic E-state index is 12.8. The van der Waals surface area contributed by atoms with E-state index in [1.54, 1.807) is 18.2 Å². The fraction of sp³-hybridized carbons (Fsp3) is 0.458. The van der Waals surface area contributed by atoms with Gasteiger partial charge in [-0.15, -0.1) is 0 Å². The van der Waals surface area contributed by atoms with E-state index < -0.39 is 38.0 Å². The fourth-order valence-corrected chi connectivity index (χ4v) is 6.68. The zero-order valence-corrected chi connectivity index (χ0v) is 20.8. The van der Waals surface area contributed by atoms with Gasteiger partial charge in [0, 0.05) is 10.9 Å². The number of nitrogens with one attached hydrogen (secondary N) is 2. The molecular formula is C24H25ClN4O6S. The molecule has 2 aromatic heterocycles. The fourth-order valence-electron chi connectivity index (χ4n) is 5.51. The minimum Gasteiger partial charge on any atom is -0.440 e. The van der Waals surface area contributed by atoms with E-state index in [1.807, 2.05) is 0 Å². The Bertz CT molecular complexity index is 1470. The average molecular weight is 533 g/mol. The van der Waals surface area contributed by atoms with Crippen molar-refractivity contribution in [1.82, 2.24) is 15.0 Å². The largest absolute Gasteiger partial charge is 0.440 e. The van der Waals surface area contributed by atoms with Crippen LogP contribution < -0.4 is 15.8 Å². The molecular weight excluding hydrogens is 508 g/mol. The number of rotatable bonds is 6. The zero-order valence-electron chi connectivity index (χ0n) is 19.3. The summed E-state index contributed by atoms with van der Waals surface area (Å²) in [4.78, 5) is 29.7. The third-order valence-electron chi connectivity index (χ3n) is 7.77. The van der Waals surface area contributed by atoms with Crippen LogP contribution in [0.25, 0.3) is 11.1 Å². The summed E-state index contributed by atoms with van der Waals surface area (Å²) in [5, 5.41) is 2.86. The Morgan fingerprint density at radius 1 is 1.08 bits per heavy atom. The van der Waals surface area contributed by atoms with Crippen LogP contribution in [0.2, 0.25) is 5.02 Å². The number of fused-ring (bicyclic) bond motifs is 1. The zero-order chi connectivity index (χ0) is 25.3. The van der Waals surface area contributed by atoms with Crippen molar-refractivity contribution >= 4 is 44.5 Å². The number of sulfonamides is 1. The number of hydrogen-bond donors (Lipinski definition) is 3. The first-order valence-electron chi connectivity index (χ1n) is 11.9. The SMILES string of the molecule is NC1(NC(=O)c2ccc(S(=O)(=O)NC(=O)C34CC(C3)C4)o2)CCC(c2nc3cc(Cl)ccc3o2)CC1. The smallest absolute Gasteiger partial charge is 0.297 e. The van der Waals surface area contributed by atoms with E-state index in [0.717, 1.165) is 25.3 Å². The lowest BCUT2D eigenvalue weighted by molar-refractivity contribution is -0.162. The molecule has 4 aliphatic carbocycles. The van der Waals surface area contributed by atoms with Crippen LogP contribution in [0.1, 0.15) is 67.3 Å². The van der Waals surface area contributed by atoms with Gasteiger partial charge in [0.25, 0.3) is 15.9 Å². The molecule has 4 saturated carbocycles. The van der Waals surface area contributed by atoms with Gasteiger partial charge in [-0.2, -0.15) is 8.42 Å². The van der Waals surface area contributed by atoms with Crippen LogP contribution in [0.15, 0.2) is 44.3 Å². The first kappa shape index (κ1) is 23.5. The lowest BCUT2D eigenvalue weighted by Gasteiger charge is -2.59. The minimum absolute atomic E-state index is 0.0507. The molecule has 2 bridgehead atoms. The van der Waals surface area contributed by atoms with Crippen molar-refractivity contribution < 1.29 is 26.8 Å². The normalized spacial score (nSPS) is 29.3. The maximum atomic E-state index is 12.8. The summed E-state index contributed by atoms with van der Waals surface area (Å²) in [5.41, 5.74) is 6.26. The second kappa shape index (κ2) is 8.06. The molecule has 0 aliphatic heterocycles. The second-order valence-corrected chi connectivity index (χ2v) is 12.4. The molecule has 7 rings (SSSR count). The molecule has 2 amide bonds. The summed E-state index contributed by atoms with van der Waals surface area (Å²) in [6, 6.07) is 7.69. The number of nitrogens with two attached hydrogens (primary N) is 1. The van der Waals surface area contributed by atoms with Crippen molar-refractivity contribution in [2.75, 3.05) is 0 Å². The van der Waals surface area contributed by atoms with Gasteiger partial charge in [-0.3, -0.25) is 9.59 Å². The van der Waals surface area contributed by atoms with E-state index in [4.69, 9.17) is 26.2 Å². The summed E-state index contributed by atoms with van der Waals surface area (Å²) >= 11 is 6.03. The number of nitrogens with zero attached hydrogens (tertiary/aromatic N) is 1. The Morgan fingerprint density at radius 2 is 1.81 bits per heavy atom. The van der Waals surface area contributed by atoms with Crippen LogP contribution in [0.3, 0.4) is 0 Å². The van der Waals surface area contributed by atoms with Crippen LogP contribution in [-0.2, 0) is 14.8 Å². The predicted octanol–water partition coefficient (Wildman–Crippen LogP) is 3.42. The third-order valence-corrected chi connectivity index (χ3v) is 9.21. The monoisotopic (exact) mass is 532 g/mol. The summed E-state index contributed by atoms with van der Waals surface area (Å²) in [5.74, 6) is -0.134. The standard InChI is InChI=1S/C24H25ClN4O6S/c25-15-1-2-17-16(9-15)27-21(35-17)14-5-7-24(26,8-6-14)28-20(30)18-3-4-19(34-18)36(32,33)29-22(31)23-10-13(11-23)12-23/h1-4,9,13-14H,5-8,10-12,26H2,(H,28,30)(H,29,31). The number of carbonyl (C=O) groups is 2. The Kier molecular flexibility index (Phi) is 5.26. The Morgan fingerprint density at radius 3 is 2.47 bits per heavy atom. The molecule has 2 heterocycles. The van der Waals surface area contributed by atoms with Gasteiger partial charge in [-0.25, -0.2) is 9.71 Å². The van der Waals surface area contributed by atoms with E-state index in [0.29, 0.717) is 53.6 Å². The van der Waals surface area contributed by atoms with Crippen LogP contribution >= 0.6 is 11.6 Å². The predicted molar refractivity (Wildman–Crippen MR) is 128 cm³/mol. The van der Waals surface area contributed by atoms with Gasteiger partial charge in [0.15, 0.2) is 17.2 Å². The van der Waals surface area contributed by atoms with Gasteiger partial charge in [0.05, 0.1) is 11.1 Å². The molecule has 12 heteroatoms. The third kappa shape index (κ3) is 3.99. The molecule has 4 N–H and O–H groups in total. The van der Waals surface area contributed by atoms with Gasteiger partial charge in [0.1, 0.15) is 5.52 Å². The van der Waals surface area contributed by atoms with Crippen molar-refractivity contribution in [3.05, 3.63) is 47.0 Å². The Hall–Kier alpha value is -2.89. The van der Waals surface area contributed by atoms with Crippen LogP contribution in [-0.4, -0.2) is 30.9 Å². The molecule has 190 valence electrons. The number of furan rings is 1. The van der Waals surface area contributed by atoms with E-state index in [9.17, 15) is 18.0 Å². The highest BCUT2D eigenvalue weighted by atomic mass is 35.5. The summed E-state index contributed by atoms with van der Waals surface area (Å²) in [6.07, 6.45) is 4.39. The first-order chi connectivity index (χ1) is 17.0. The highest BCUT2D eigenvalue weighted by Crippen LogP contribution is 2.64. The number of amides is 2. The van der Waals surface area contributed by atoms with Crippen molar-refractivity contribution in [1.29, 1.82) is 0 Å². The summed E-state index contributed by atoms with van der Waals surface area (Å²) < 4.78 is 38.4. The van der Waals surface area contributed by atoms with E-state index in [-0.39, 0.29) is 11.7 Å². The minimum atomic E-state index is -4.21. The van der Waals surface area contributed by atoms with Gasteiger partial charge < -0.3 is 19.9 Å². The Labute approximate surface area is 212 Å². The lowest BCUT2D eigenvalue weighted by Crippen LogP contribution is -2.61. The Balaban J connectivity index is 1.07. The van der Waals surface area contributed by atoms with Crippen LogP contribution in [0.5, 0.6) is 0 Å². The molecule has 0 unspecified atom stereocenters. The highest BCUT2D eigenvalue weighted by Gasteiger charge is 2.62. The van der Waals surface area contributed by atoms with E-state index >= 15 is 0 Å².